The summed E-state index contributed by atoms with van der Waals surface area (Å²) >= 11 is 0. The van der Waals surface area contributed by atoms with Gasteiger partial charge in [-0.15, -0.1) is 13.2 Å². The normalized spacial score (nSPS) is 15.6. The summed E-state index contributed by atoms with van der Waals surface area (Å²) < 4.78 is 40.0. The fraction of sp³-hybridized carbons (Fsp3) is 0.0667. The van der Waals surface area contributed by atoms with Crippen molar-refractivity contribution in [2.24, 2.45) is 4.99 Å². The van der Waals surface area contributed by atoms with Crippen molar-refractivity contribution < 1.29 is 22.7 Å². The van der Waals surface area contributed by atoms with Crippen LogP contribution in [0.3, 0.4) is 0 Å². The smallest absolute Gasteiger partial charge is 0.406 e. The number of para-hydroxylation sites is 1. The van der Waals surface area contributed by atoms with Crippen LogP contribution in [-0.2, 0) is 4.79 Å². The lowest BCUT2D eigenvalue weighted by Crippen LogP contribution is -2.16. The predicted molar refractivity (Wildman–Crippen MR) is 74.4 cm³/mol. The summed E-state index contributed by atoms with van der Waals surface area (Å²) in [6.45, 7) is 0. The number of amides is 1. The number of alkyl halides is 3. The number of anilines is 1. The third-order valence-corrected chi connectivity index (χ3v) is 2.96. The van der Waals surface area contributed by atoms with Crippen molar-refractivity contribution >= 4 is 23.0 Å². The molecule has 1 aliphatic heterocycles. The minimum absolute atomic E-state index is 0.222. The van der Waals surface area contributed by atoms with Gasteiger partial charge in [0.2, 0.25) is 0 Å². The third kappa shape index (κ3) is 2.93. The molecule has 0 bridgehead atoms. The molecule has 112 valence electrons. The first-order chi connectivity index (χ1) is 10.4. The van der Waals surface area contributed by atoms with Gasteiger partial charge in [0.05, 0.1) is 11.4 Å². The van der Waals surface area contributed by atoms with E-state index >= 15 is 0 Å². The van der Waals surface area contributed by atoms with E-state index in [0.717, 1.165) is 12.1 Å². The standard InChI is InChI=1S/C15H9F3N2O2/c16-15(17,18)22-10-7-5-9(6-8-10)19-13-11-3-1-2-4-12(11)20-14(13)21/h1-8H,(H,19,20,21). The largest absolute Gasteiger partial charge is 0.573 e. The predicted octanol–water partition coefficient (Wildman–Crippen LogP) is 3.66. The number of fused-ring (bicyclic) bond motifs is 1. The molecule has 7 heteroatoms. The van der Waals surface area contributed by atoms with Gasteiger partial charge in [0.1, 0.15) is 11.5 Å². The molecule has 0 saturated heterocycles. The van der Waals surface area contributed by atoms with Gasteiger partial charge in [0.25, 0.3) is 5.91 Å². The highest BCUT2D eigenvalue weighted by atomic mass is 19.4. The average Bonchev–Trinajstić information content (AvgIpc) is 2.76. The number of carbonyl (C=O) groups is 1. The Bertz CT molecular complexity index is 752. The molecule has 1 N–H and O–H groups in total. The Labute approximate surface area is 123 Å². The summed E-state index contributed by atoms with van der Waals surface area (Å²) in [5.41, 5.74) is 1.89. The Morgan fingerprint density at radius 1 is 1.00 bits per heavy atom. The van der Waals surface area contributed by atoms with E-state index in [1.54, 1.807) is 24.3 Å². The zero-order chi connectivity index (χ0) is 15.7. The van der Waals surface area contributed by atoms with Crippen LogP contribution in [-0.4, -0.2) is 18.0 Å². The van der Waals surface area contributed by atoms with Crippen molar-refractivity contribution in [2.45, 2.75) is 6.36 Å². The highest BCUT2D eigenvalue weighted by Crippen LogP contribution is 2.28. The van der Waals surface area contributed by atoms with Gasteiger partial charge < -0.3 is 10.1 Å². The second-order valence-corrected chi connectivity index (χ2v) is 4.50. The molecule has 0 aromatic heterocycles. The minimum atomic E-state index is -4.74. The number of benzene rings is 2. The van der Waals surface area contributed by atoms with Crippen LogP contribution in [0.4, 0.5) is 24.5 Å². The highest BCUT2D eigenvalue weighted by Gasteiger charge is 2.31. The lowest BCUT2D eigenvalue weighted by Gasteiger charge is -2.08. The summed E-state index contributed by atoms with van der Waals surface area (Å²) in [4.78, 5) is 16.1. The van der Waals surface area contributed by atoms with Crippen molar-refractivity contribution in [1.82, 2.24) is 0 Å². The number of aliphatic imine (C=N–C) groups is 1. The average molecular weight is 306 g/mol. The first-order valence-corrected chi connectivity index (χ1v) is 6.28. The highest BCUT2D eigenvalue weighted by molar-refractivity contribution is 6.54. The maximum Gasteiger partial charge on any atom is 0.573 e. The number of hydrogen-bond donors (Lipinski definition) is 1. The topological polar surface area (TPSA) is 50.7 Å². The van der Waals surface area contributed by atoms with Gasteiger partial charge in [-0.25, -0.2) is 4.99 Å². The molecule has 0 atom stereocenters. The summed E-state index contributed by atoms with van der Waals surface area (Å²) in [6.07, 6.45) is -4.74. The molecule has 3 rings (SSSR count). The van der Waals surface area contributed by atoms with Gasteiger partial charge in [0.15, 0.2) is 0 Å². The molecule has 2 aromatic carbocycles. The number of halogens is 3. The van der Waals surface area contributed by atoms with Crippen LogP contribution in [0.2, 0.25) is 0 Å². The van der Waals surface area contributed by atoms with Crippen molar-refractivity contribution in [1.29, 1.82) is 0 Å². The number of carbonyl (C=O) groups excluding carboxylic acids is 1. The lowest BCUT2D eigenvalue weighted by atomic mass is 10.1. The van der Waals surface area contributed by atoms with Crippen molar-refractivity contribution in [3.05, 3.63) is 54.1 Å². The van der Waals surface area contributed by atoms with Crippen LogP contribution in [0.1, 0.15) is 5.56 Å². The zero-order valence-electron chi connectivity index (χ0n) is 11.0. The number of rotatable bonds is 2. The Balaban J connectivity index is 1.88. The Hall–Kier alpha value is -2.83. The quantitative estimate of drug-likeness (QED) is 0.920. The molecular formula is C15H9F3N2O2. The van der Waals surface area contributed by atoms with E-state index < -0.39 is 6.36 Å². The second kappa shape index (κ2) is 5.18. The molecule has 2 aromatic rings. The molecular weight excluding hydrogens is 297 g/mol. The van der Waals surface area contributed by atoms with Gasteiger partial charge in [-0.1, -0.05) is 18.2 Å². The second-order valence-electron chi connectivity index (χ2n) is 4.50. The van der Waals surface area contributed by atoms with E-state index in [1.807, 2.05) is 0 Å². The van der Waals surface area contributed by atoms with E-state index in [4.69, 9.17) is 0 Å². The Morgan fingerprint density at radius 3 is 2.36 bits per heavy atom. The van der Waals surface area contributed by atoms with E-state index in [9.17, 15) is 18.0 Å². The van der Waals surface area contributed by atoms with Crippen LogP contribution in [0.5, 0.6) is 5.75 Å². The molecule has 0 unspecified atom stereocenters. The first-order valence-electron chi connectivity index (χ1n) is 6.28. The minimum Gasteiger partial charge on any atom is -0.406 e. The molecule has 1 amide bonds. The van der Waals surface area contributed by atoms with Crippen molar-refractivity contribution in [2.75, 3.05) is 5.32 Å². The van der Waals surface area contributed by atoms with E-state index in [2.05, 4.69) is 15.0 Å². The van der Waals surface area contributed by atoms with E-state index in [1.165, 1.54) is 12.1 Å². The third-order valence-electron chi connectivity index (χ3n) is 2.96. The van der Waals surface area contributed by atoms with E-state index in [-0.39, 0.29) is 17.4 Å². The van der Waals surface area contributed by atoms with Crippen LogP contribution < -0.4 is 10.1 Å². The fourth-order valence-corrected chi connectivity index (χ4v) is 2.06. The van der Waals surface area contributed by atoms with Crippen LogP contribution in [0, 0.1) is 0 Å². The number of ether oxygens (including phenoxy) is 1. The van der Waals surface area contributed by atoms with Gasteiger partial charge in [0, 0.05) is 5.56 Å². The molecule has 22 heavy (non-hydrogen) atoms. The van der Waals surface area contributed by atoms with Gasteiger partial charge in [-0.3, -0.25) is 4.79 Å². The fourth-order valence-electron chi connectivity index (χ4n) is 2.06. The number of nitrogens with one attached hydrogen (secondary N) is 1. The maximum absolute atomic E-state index is 12.1. The lowest BCUT2D eigenvalue weighted by molar-refractivity contribution is -0.274. The number of nitrogens with zero attached hydrogens (tertiary/aromatic N) is 1. The Morgan fingerprint density at radius 2 is 1.68 bits per heavy atom. The van der Waals surface area contributed by atoms with Crippen LogP contribution in [0.25, 0.3) is 0 Å². The molecule has 0 fully saturated rings. The molecule has 0 aliphatic carbocycles. The van der Waals surface area contributed by atoms with E-state index in [0.29, 0.717) is 16.9 Å². The molecule has 0 radical (unpaired) electrons. The number of hydrogen-bond acceptors (Lipinski definition) is 3. The zero-order valence-corrected chi connectivity index (χ0v) is 11.0. The van der Waals surface area contributed by atoms with Crippen LogP contribution in [0.15, 0.2) is 53.5 Å². The molecule has 4 nitrogen and oxygen atoms in total. The van der Waals surface area contributed by atoms with Crippen molar-refractivity contribution in [3.63, 3.8) is 0 Å². The van der Waals surface area contributed by atoms with Gasteiger partial charge in [-0.2, -0.15) is 0 Å². The summed E-state index contributed by atoms with van der Waals surface area (Å²) in [5, 5.41) is 2.67. The first kappa shape index (κ1) is 14.1. The summed E-state index contributed by atoms with van der Waals surface area (Å²) in [5.74, 6) is -0.690. The summed E-state index contributed by atoms with van der Waals surface area (Å²) in [7, 11) is 0. The molecule has 1 heterocycles. The molecule has 1 aliphatic rings. The van der Waals surface area contributed by atoms with Crippen LogP contribution >= 0.6 is 0 Å². The molecule has 0 saturated carbocycles. The monoisotopic (exact) mass is 306 g/mol. The summed E-state index contributed by atoms with van der Waals surface area (Å²) in [6, 6.07) is 12.0. The van der Waals surface area contributed by atoms with Gasteiger partial charge in [-0.05, 0) is 30.3 Å². The van der Waals surface area contributed by atoms with Gasteiger partial charge >= 0.3 is 6.36 Å². The SMILES string of the molecule is O=C1Nc2ccccc2C1=Nc1ccc(OC(F)(F)F)cc1. The Kier molecular flexibility index (Phi) is 3.32. The maximum atomic E-state index is 12.1. The van der Waals surface area contributed by atoms with Crippen molar-refractivity contribution in [3.8, 4) is 5.75 Å². The molecule has 0 spiro atoms.